The third-order valence-electron chi connectivity index (χ3n) is 4.08. The smallest absolute Gasteiger partial charge is 0.0917 e. The zero-order chi connectivity index (χ0) is 13.0. The number of benzene rings is 1. The molecule has 1 aliphatic carbocycles. The molecule has 1 unspecified atom stereocenters. The quantitative estimate of drug-likeness (QED) is 0.863. The highest BCUT2D eigenvalue weighted by Gasteiger charge is 2.23. The van der Waals surface area contributed by atoms with E-state index in [0.29, 0.717) is 6.04 Å². The molecule has 2 nitrogen and oxygen atoms in total. The molecule has 1 fully saturated rings. The van der Waals surface area contributed by atoms with Crippen molar-refractivity contribution in [2.45, 2.75) is 51.7 Å². The van der Waals surface area contributed by atoms with Gasteiger partial charge in [-0.15, -0.1) is 0 Å². The van der Waals surface area contributed by atoms with Gasteiger partial charge < -0.3 is 5.11 Å². The van der Waals surface area contributed by atoms with E-state index in [0.717, 1.165) is 18.7 Å². The average molecular weight is 247 g/mol. The molecule has 0 spiro atoms. The van der Waals surface area contributed by atoms with Crippen molar-refractivity contribution in [2.24, 2.45) is 0 Å². The first-order valence-corrected chi connectivity index (χ1v) is 7.19. The molecule has 0 aliphatic heterocycles. The van der Waals surface area contributed by atoms with Crippen LogP contribution >= 0.6 is 0 Å². The third kappa shape index (κ3) is 3.33. The molecule has 0 aromatic heterocycles. The molecule has 100 valence electrons. The fourth-order valence-corrected chi connectivity index (χ4v) is 3.01. The second kappa shape index (κ2) is 6.35. The summed E-state index contributed by atoms with van der Waals surface area (Å²) in [7, 11) is 0. The number of nitrogens with zero attached hydrogens (tertiary/aromatic N) is 1. The number of hydrogen-bond acceptors (Lipinski definition) is 2. The Bertz CT molecular complexity index is 371. The highest BCUT2D eigenvalue weighted by molar-refractivity contribution is 5.24. The predicted octanol–water partition coefficient (Wildman–Crippen LogP) is 3.29. The van der Waals surface area contributed by atoms with Crippen LogP contribution in [-0.2, 0) is 0 Å². The Labute approximate surface area is 111 Å². The summed E-state index contributed by atoms with van der Waals surface area (Å²) >= 11 is 0. The Morgan fingerprint density at radius 2 is 2.06 bits per heavy atom. The Balaban J connectivity index is 1.98. The standard InChI is InChI=1S/C16H25NO/c1-3-17(15-9-4-5-10-15)12-16(18)14-8-6-7-13(2)11-14/h6-8,11,15-16,18H,3-5,9-10,12H2,1-2H3. The summed E-state index contributed by atoms with van der Waals surface area (Å²) in [5.41, 5.74) is 2.27. The van der Waals surface area contributed by atoms with Gasteiger partial charge in [0.05, 0.1) is 6.10 Å². The summed E-state index contributed by atoms with van der Waals surface area (Å²) in [6.07, 6.45) is 4.94. The molecule has 1 aromatic carbocycles. The van der Waals surface area contributed by atoms with Gasteiger partial charge in [0.25, 0.3) is 0 Å². The molecule has 0 radical (unpaired) electrons. The van der Waals surface area contributed by atoms with Crippen LogP contribution in [0.5, 0.6) is 0 Å². The molecule has 1 saturated carbocycles. The highest BCUT2D eigenvalue weighted by atomic mass is 16.3. The van der Waals surface area contributed by atoms with Crippen LogP contribution < -0.4 is 0 Å². The van der Waals surface area contributed by atoms with Crippen LogP contribution in [0.2, 0.25) is 0 Å². The number of aryl methyl sites for hydroxylation is 1. The molecule has 0 saturated heterocycles. The number of rotatable bonds is 5. The summed E-state index contributed by atoms with van der Waals surface area (Å²) in [5, 5.41) is 10.4. The second-order valence-electron chi connectivity index (χ2n) is 5.46. The van der Waals surface area contributed by atoms with Gasteiger partial charge in [0.2, 0.25) is 0 Å². The zero-order valence-corrected chi connectivity index (χ0v) is 11.6. The second-order valence-corrected chi connectivity index (χ2v) is 5.46. The molecule has 2 heteroatoms. The maximum absolute atomic E-state index is 10.4. The van der Waals surface area contributed by atoms with Crippen LogP contribution in [0.3, 0.4) is 0 Å². The fraction of sp³-hybridized carbons (Fsp3) is 0.625. The van der Waals surface area contributed by atoms with Gasteiger partial charge in [-0.25, -0.2) is 0 Å². The zero-order valence-electron chi connectivity index (χ0n) is 11.6. The first-order valence-electron chi connectivity index (χ1n) is 7.19. The Morgan fingerprint density at radius 1 is 1.33 bits per heavy atom. The van der Waals surface area contributed by atoms with Gasteiger partial charge in [-0.05, 0) is 31.9 Å². The third-order valence-corrected chi connectivity index (χ3v) is 4.08. The van der Waals surface area contributed by atoms with E-state index in [1.165, 1.54) is 31.2 Å². The maximum Gasteiger partial charge on any atom is 0.0917 e. The molecule has 18 heavy (non-hydrogen) atoms. The van der Waals surface area contributed by atoms with Crippen molar-refractivity contribution in [2.75, 3.05) is 13.1 Å². The SMILES string of the molecule is CCN(CC(O)c1cccc(C)c1)C1CCCC1. The molecular formula is C16H25NO. The Morgan fingerprint density at radius 3 is 2.67 bits per heavy atom. The molecule has 0 heterocycles. The van der Waals surface area contributed by atoms with Crippen LogP contribution in [0.4, 0.5) is 0 Å². The number of aliphatic hydroxyl groups is 1. The molecule has 1 N–H and O–H groups in total. The van der Waals surface area contributed by atoms with E-state index in [9.17, 15) is 5.11 Å². The lowest BCUT2D eigenvalue weighted by molar-refractivity contribution is 0.0914. The van der Waals surface area contributed by atoms with Crippen LogP contribution in [0.25, 0.3) is 0 Å². The first-order chi connectivity index (χ1) is 8.70. The summed E-state index contributed by atoms with van der Waals surface area (Å²) in [6, 6.07) is 8.91. The fourth-order valence-electron chi connectivity index (χ4n) is 3.01. The van der Waals surface area contributed by atoms with Gasteiger partial charge in [-0.3, -0.25) is 4.90 Å². The molecular weight excluding hydrogens is 222 g/mol. The van der Waals surface area contributed by atoms with E-state index < -0.39 is 0 Å². The Hall–Kier alpha value is -0.860. The highest BCUT2D eigenvalue weighted by Crippen LogP contribution is 2.25. The molecule has 0 amide bonds. The minimum Gasteiger partial charge on any atom is -0.387 e. The van der Waals surface area contributed by atoms with E-state index >= 15 is 0 Å². The van der Waals surface area contributed by atoms with Crippen molar-refractivity contribution in [1.29, 1.82) is 0 Å². The summed E-state index contributed by atoms with van der Waals surface area (Å²) in [4.78, 5) is 2.44. The van der Waals surface area contributed by atoms with E-state index in [2.05, 4.69) is 30.9 Å². The van der Waals surface area contributed by atoms with Crippen LogP contribution in [0.15, 0.2) is 24.3 Å². The monoisotopic (exact) mass is 247 g/mol. The normalized spacial score (nSPS) is 18.4. The van der Waals surface area contributed by atoms with E-state index in [1.807, 2.05) is 12.1 Å². The average Bonchev–Trinajstić information content (AvgIpc) is 2.89. The number of aliphatic hydroxyl groups excluding tert-OH is 1. The lowest BCUT2D eigenvalue weighted by Crippen LogP contribution is -2.36. The van der Waals surface area contributed by atoms with Crippen molar-refractivity contribution in [1.82, 2.24) is 4.90 Å². The van der Waals surface area contributed by atoms with Crippen LogP contribution in [0.1, 0.15) is 49.8 Å². The largest absolute Gasteiger partial charge is 0.387 e. The van der Waals surface area contributed by atoms with E-state index in [1.54, 1.807) is 0 Å². The minimum atomic E-state index is -0.356. The maximum atomic E-state index is 10.4. The van der Waals surface area contributed by atoms with Gasteiger partial charge in [-0.1, -0.05) is 49.6 Å². The Kier molecular flexibility index (Phi) is 4.79. The minimum absolute atomic E-state index is 0.356. The van der Waals surface area contributed by atoms with E-state index in [-0.39, 0.29) is 6.10 Å². The van der Waals surface area contributed by atoms with E-state index in [4.69, 9.17) is 0 Å². The van der Waals surface area contributed by atoms with Crippen LogP contribution in [-0.4, -0.2) is 29.1 Å². The van der Waals surface area contributed by atoms with Crippen LogP contribution in [0, 0.1) is 6.92 Å². The summed E-state index contributed by atoms with van der Waals surface area (Å²) in [5.74, 6) is 0. The topological polar surface area (TPSA) is 23.5 Å². The van der Waals surface area contributed by atoms with Gasteiger partial charge >= 0.3 is 0 Å². The van der Waals surface area contributed by atoms with Crippen molar-refractivity contribution >= 4 is 0 Å². The van der Waals surface area contributed by atoms with Crippen molar-refractivity contribution < 1.29 is 5.11 Å². The molecule has 2 rings (SSSR count). The van der Waals surface area contributed by atoms with Gasteiger partial charge in [0, 0.05) is 12.6 Å². The van der Waals surface area contributed by atoms with Crippen molar-refractivity contribution in [3.05, 3.63) is 35.4 Å². The van der Waals surface area contributed by atoms with Gasteiger partial charge in [-0.2, -0.15) is 0 Å². The van der Waals surface area contributed by atoms with Crippen molar-refractivity contribution in [3.63, 3.8) is 0 Å². The number of likely N-dealkylation sites (N-methyl/N-ethyl adjacent to an activating group) is 1. The molecule has 1 aromatic rings. The molecule has 0 bridgehead atoms. The van der Waals surface area contributed by atoms with Gasteiger partial charge in [0.15, 0.2) is 0 Å². The molecule has 1 aliphatic rings. The number of hydrogen-bond donors (Lipinski definition) is 1. The van der Waals surface area contributed by atoms with Crippen molar-refractivity contribution in [3.8, 4) is 0 Å². The first kappa shape index (κ1) is 13.6. The molecule has 1 atom stereocenters. The lowest BCUT2D eigenvalue weighted by Gasteiger charge is -2.29. The predicted molar refractivity (Wildman–Crippen MR) is 75.6 cm³/mol. The lowest BCUT2D eigenvalue weighted by atomic mass is 10.1. The van der Waals surface area contributed by atoms with Gasteiger partial charge in [0.1, 0.15) is 0 Å². The summed E-state index contributed by atoms with van der Waals surface area (Å²) < 4.78 is 0. The summed E-state index contributed by atoms with van der Waals surface area (Å²) in [6.45, 7) is 6.07.